The molecule has 5 heterocycles. The summed E-state index contributed by atoms with van der Waals surface area (Å²) in [5.74, 6) is -1.82. The van der Waals surface area contributed by atoms with E-state index in [-0.39, 0.29) is 54.9 Å². The Morgan fingerprint density at radius 3 is 2.42 bits per heavy atom. The van der Waals surface area contributed by atoms with Gasteiger partial charge in [0, 0.05) is 69.5 Å². The molecule has 4 aliphatic heterocycles. The van der Waals surface area contributed by atoms with Gasteiger partial charge in [0.1, 0.15) is 35.1 Å². The summed E-state index contributed by atoms with van der Waals surface area (Å²) < 4.78 is 43.3. The zero-order chi connectivity index (χ0) is 32.3. The van der Waals surface area contributed by atoms with Crippen LogP contribution >= 0.6 is 0 Å². The second-order valence-corrected chi connectivity index (χ2v) is 14.3. The van der Waals surface area contributed by atoms with E-state index in [2.05, 4.69) is 35.6 Å². The number of nitrogens with zero attached hydrogens (tertiary/aromatic N) is 6. The van der Waals surface area contributed by atoms with Crippen molar-refractivity contribution in [2.75, 3.05) is 70.9 Å². The van der Waals surface area contributed by atoms with E-state index in [1.165, 1.54) is 12.1 Å². The molecular weight excluding hydrogens is 582 g/mol. The second-order valence-electron chi connectivity index (χ2n) is 14.3. The smallest absolute Gasteiger partial charge is 0.410 e. The van der Waals surface area contributed by atoms with Gasteiger partial charge in [-0.3, -0.25) is 9.69 Å². The molecule has 45 heavy (non-hydrogen) atoms. The van der Waals surface area contributed by atoms with Gasteiger partial charge in [-0.1, -0.05) is 12.1 Å². The van der Waals surface area contributed by atoms with Crippen molar-refractivity contribution in [3.05, 3.63) is 41.5 Å². The lowest BCUT2D eigenvalue weighted by Crippen LogP contribution is -2.58. The number of hydrogen-bond donors (Lipinski definition) is 0. The quantitative estimate of drug-likeness (QED) is 0.505. The number of anilines is 1. The Morgan fingerprint density at radius 2 is 1.73 bits per heavy atom. The summed E-state index contributed by atoms with van der Waals surface area (Å²) in [6, 6.07) is 5.60. The molecule has 0 bridgehead atoms. The lowest BCUT2D eigenvalue weighted by molar-refractivity contribution is 0.000864. The van der Waals surface area contributed by atoms with E-state index in [9.17, 15) is 9.59 Å². The Labute approximate surface area is 263 Å². The molecule has 3 saturated heterocycles. The Bertz CT molecular complexity index is 1470. The first-order chi connectivity index (χ1) is 21.2. The van der Waals surface area contributed by atoms with E-state index in [0.717, 1.165) is 32.6 Å². The highest BCUT2D eigenvalue weighted by atomic mass is 19.1. The van der Waals surface area contributed by atoms with Crippen LogP contribution in [0, 0.1) is 11.6 Å². The third-order valence-corrected chi connectivity index (χ3v) is 9.40. The lowest BCUT2D eigenvalue weighted by Gasteiger charge is -2.40. The third kappa shape index (κ3) is 6.06. The number of halogens is 2. The number of carbonyl (C=O) groups excluding carboxylic acids is 2. The minimum Gasteiger partial charge on any atom is -0.487 e. The van der Waals surface area contributed by atoms with E-state index in [4.69, 9.17) is 14.5 Å². The molecular formula is C33H44F2N6O4. The molecule has 2 atom stereocenters. The molecule has 10 nitrogen and oxygen atoms in total. The van der Waals surface area contributed by atoms with Crippen molar-refractivity contribution in [1.29, 1.82) is 0 Å². The first-order valence-electron chi connectivity index (χ1n) is 15.8. The number of rotatable bonds is 3. The van der Waals surface area contributed by atoms with E-state index < -0.39 is 40.8 Å². The summed E-state index contributed by atoms with van der Waals surface area (Å²) in [6.07, 6.45) is 0.353. The van der Waals surface area contributed by atoms with Crippen molar-refractivity contribution < 1.29 is 27.8 Å². The normalized spacial score (nSPS) is 24.2. The summed E-state index contributed by atoms with van der Waals surface area (Å²) in [5, 5.41) is 0. The first-order valence-corrected chi connectivity index (χ1v) is 15.8. The molecule has 2 amide bonds. The zero-order valence-corrected chi connectivity index (χ0v) is 27.1. The number of aromatic nitrogens is 1. The van der Waals surface area contributed by atoms with Crippen LogP contribution < -0.4 is 9.64 Å². The fraction of sp³-hybridized carbons (Fsp3) is 0.606. The standard InChI is InChI=1S/C33H44F2N6O4/c1-32(2,3)45-31(43)39-15-16-40-22(18-39)20-44-28-25(30(40)42)29(36-27(26(28)35)23-9-7-8-10-24(23)34)41-19-21(17-33(41,4)5)38-13-11-37(6)12-14-38/h7-10,21-22H,11-20H2,1-6H3/t21?,22-/m1/s1. The van der Waals surface area contributed by atoms with E-state index >= 15 is 8.78 Å². The van der Waals surface area contributed by atoms with Gasteiger partial charge in [-0.15, -0.1) is 0 Å². The summed E-state index contributed by atoms with van der Waals surface area (Å²) in [7, 11) is 2.12. The molecule has 3 fully saturated rings. The Hall–Kier alpha value is -3.51. The lowest BCUT2D eigenvalue weighted by atomic mass is 9.98. The molecule has 1 unspecified atom stereocenters. The van der Waals surface area contributed by atoms with Crippen LogP contribution in [0.2, 0.25) is 0 Å². The van der Waals surface area contributed by atoms with Crippen LogP contribution in [0.5, 0.6) is 5.75 Å². The van der Waals surface area contributed by atoms with Gasteiger partial charge in [-0.2, -0.15) is 0 Å². The maximum atomic E-state index is 16.5. The van der Waals surface area contributed by atoms with Crippen molar-refractivity contribution in [3.63, 3.8) is 0 Å². The maximum absolute atomic E-state index is 16.5. The van der Waals surface area contributed by atoms with Gasteiger partial charge in [0.25, 0.3) is 5.91 Å². The van der Waals surface area contributed by atoms with Crippen LogP contribution in [-0.2, 0) is 4.74 Å². The molecule has 1 aromatic heterocycles. The van der Waals surface area contributed by atoms with Crippen molar-refractivity contribution >= 4 is 17.8 Å². The average molecular weight is 627 g/mol. The van der Waals surface area contributed by atoms with Crippen molar-refractivity contribution in [3.8, 4) is 17.0 Å². The average Bonchev–Trinajstić information content (AvgIpc) is 3.21. The minimum atomic E-state index is -0.872. The van der Waals surface area contributed by atoms with Gasteiger partial charge in [0.15, 0.2) is 11.6 Å². The summed E-state index contributed by atoms with van der Waals surface area (Å²) in [6.45, 7) is 14.7. The van der Waals surface area contributed by atoms with Gasteiger partial charge >= 0.3 is 6.09 Å². The number of benzene rings is 1. The van der Waals surface area contributed by atoms with Gasteiger partial charge in [-0.05, 0) is 60.2 Å². The number of ether oxygens (including phenoxy) is 2. The zero-order valence-electron chi connectivity index (χ0n) is 27.1. The number of fused-ring (bicyclic) bond motifs is 2. The number of carbonyl (C=O) groups is 2. The van der Waals surface area contributed by atoms with Gasteiger partial charge < -0.3 is 29.1 Å². The number of likely N-dealkylation sites (N-methyl/N-ethyl adjacent to an activating group) is 1. The fourth-order valence-corrected chi connectivity index (χ4v) is 6.98. The van der Waals surface area contributed by atoms with Crippen LogP contribution in [0.4, 0.5) is 19.4 Å². The van der Waals surface area contributed by atoms with Crippen molar-refractivity contribution in [1.82, 2.24) is 24.6 Å². The van der Waals surface area contributed by atoms with Gasteiger partial charge in [-0.25, -0.2) is 18.6 Å². The summed E-state index contributed by atoms with van der Waals surface area (Å²) in [4.78, 5) is 42.2. The first kappa shape index (κ1) is 31.5. The molecule has 0 saturated carbocycles. The summed E-state index contributed by atoms with van der Waals surface area (Å²) >= 11 is 0. The highest BCUT2D eigenvalue weighted by Crippen LogP contribution is 2.44. The highest BCUT2D eigenvalue weighted by Gasteiger charge is 2.47. The largest absolute Gasteiger partial charge is 0.487 e. The molecule has 0 spiro atoms. The van der Waals surface area contributed by atoms with Crippen LogP contribution in [0.1, 0.15) is 51.4 Å². The highest BCUT2D eigenvalue weighted by molar-refractivity contribution is 6.03. The van der Waals surface area contributed by atoms with E-state index in [1.807, 2.05) is 0 Å². The molecule has 2 aromatic rings. The van der Waals surface area contributed by atoms with Gasteiger partial charge in [0.05, 0.1) is 6.04 Å². The number of hydrogen-bond acceptors (Lipinski definition) is 8. The Morgan fingerprint density at radius 1 is 1.02 bits per heavy atom. The molecule has 6 rings (SSSR count). The summed E-state index contributed by atoms with van der Waals surface area (Å²) in [5.41, 5.74) is -1.24. The van der Waals surface area contributed by atoms with Crippen LogP contribution in [0.25, 0.3) is 11.3 Å². The minimum absolute atomic E-state index is 0.000732. The van der Waals surface area contributed by atoms with E-state index in [1.54, 1.807) is 42.7 Å². The number of pyridine rings is 1. The molecule has 4 aliphatic rings. The maximum Gasteiger partial charge on any atom is 0.410 e. The predicted octanol–water partition coefficient (Wildman–Crippen LogP) is 4.09. The number of amides is 2. The molecule has 12 heteroatoms. The van der Waals surface area contributed by atoms with Crippen LogP contribution in [0.15, 0.2) is 24.3 Å². The predicted molar refractivity (Wildman–Crippen MR) is 167 cm³/mol. The topological polar surface area (TPSA) is 81.7 Å². The number of piperazine rings is 2. The fourth-order valence-electron chi connectivity index (χ4n) is 6.98. The molecule has 244 valence electrons. The SMILES string of the molecule is CN1CCN(C2CN(c3nc(-c4ccccc4F)c(F)c4c3C(=O)N3CCN(C(=O)OC(C)(C)C)C[C@@H]3CO4)C(C)(C)C2)CC1. The Kier molecular flexibility index (Phi) is 8.18. The van der Waals surface area contributed by atoms with Crippen molar-refractivity contribution in [2.45, 2.75) is 64.3 Å². The van der Waals surface area contributed by atoms with Crippen molar-refractivity contribution in [2.24, 2.45) is 0 Å². The van der Waals surface area contributed by atoms with E-state index in [0.29, 0.717) is 12.4 Å². The second kappa shape index (κ2) is 11.7. The molecule has 0 aliphatic carbocycles. The van der Waals surface area contributed by atoms with Crippen LogP contribution in [0.3, 0.4) is 0 Å². The Balaban J connectivity index is 1.40. The monoisotopic (exact) mass is 626 g/mol. The van der Waals surface area contributed by atoms with Crippen LogP contribution in [-0.4, -0.2) is 126 Å². The molecule has 1 aromatic carbocycles. The molecule has 0 N–H and O–H groups in total. The molecule has 0 radical (unpaired) electrons. The van der Waals surface area contributed by atoms with Gasteiger partial charge in [0.2, 0.25) is 0 Å². The third-order valence-electron chi connectivity index (χ3n) is 9.40.